The van der Waals surface area contributed by atoms with Crippen molar-refractivity contribution < 1.29 is 9.53 Å². The van der Waals surface area contributed by atoms with Gasteiger partial charge in [-0.05, 0) is 55.7 Å². The second-order valence-corrected chi connectivity index (χ2v) is 6.65. The summed E-state index contributed by atoms with van der Waals surface area (Å²) in [4.78, 5) is 12.0. The third-order valence-electron chi connectivity index (χ3n) is 3.38. The fraction of sp³-hybridized carbons (Fsp3) is 0.316. The Morgan fingerprint density at radius 2 is 1.88 bits per heavy atom. The topological polar surface area (TPSA) is 38.3 Å². The van der Waals surface area contributed by atoms with Crippen molar-refractivity contribution in [1.29, 1.82) is 0 Å². The molecule has 0 atom stereocenters. The van der Waals surface area contributed by atoms with Gasteiger partial charge in [0.05, 0.1) is 16.1 Å². The molecule has 0 heterocycles. The van der Waals surface area contributed by atoms with Crippen LogP contribution in [0.3, 0.4) is 0 Å². The van der Waals surface area contributed by atoms with Crippen LogP contribution >= 0.6 is 23.2 Å². The second-order valence-electron chi connectivity index (χ2n) is 5.84. The molecule has 0 radical (unpaired) electrons. The molecule has 0 aromatic heterocycles. The predicted octanol–water partition coefficient (Wildman–Crippen LogP) is 5.03. The minimum atomic E-state index is -0.00347. The van der Waals surface area contributed by atoms with Crippen molar-refractivity contribution in [3.05, 3.63) is 63.6 Å². The molecule has 1 amide bonds. The smallest absolute Gasteiger partial charge is 0.220 e. The molecule has 128 valence electrons. The summed E-state index contributed by atoms with van der Waals surface area (Å²) in [6.07, 6.45) is 1.15. The van der Waals surface area contributed by atoms with Gasteiger partial charge >= 0.3 is 0 Å². The summed E-state index contributed by atoms with van der Waals surface area (Å²) in [5.74, 6) is 0.809. The van der Waals surface area contributed by atoms with E-state index in [1.165, 1.54) is 0 Å². The van der Waals surface area contributed by atoms with Crippen molar-refractivity contribution in [1.82, 2.24) is 5.32 Å². The van der Waals surface area contributed by atoms with E-state index in [-0.39, 0.29) is 12.0 Å². The molecule has 5 heteroatoms. The van der Waals surface area contributed by atoms with Crippen molar-refractivity contribution in [2.24, 2.45) is 0 Å². The van der Waals surface area contributed by atoms with Gasteiger partial charge in [0.1, 0.15) is 5.75 Å². The SMILES string of the molecule is CC(C)Oc1cccc(CNC(=O)CCc2ccc(Cl)c(Cl)c2)c1. The highest BCUT2D eigenvalue weighted by atomic mass is 35.5. The first kappa shape index (κ1) is 18.6. The summed E-state index contributed by atoms with van der Waals surface area (Å²) in [5, 5.41) is 3.95. The van der Waals surface area contributed by atoms with Crippen LogP contribution in [-0.4, -0.2) is 12.0 Å². The van der Waals surface area contributed by atoms with Crippen LogP contribution in [0.5, 0.6) is 5.75 Å². The maximum Gasteiger partial charge on any atom is 0.220 e. The third-order valence-corrected chi connectivity index (χ3v) is 4.12. The number of hydrogen-bond acceptors (Lipinski definition) is 2. The number of carbonyl (C=O) groups excluding carboxylic acids is 1. The van der Waals surface area contributed by atoms with Gasteiger partial charge in [-0.1, -0.05) is 41.4 Å². The molecule has 2 aromatic carbocycles. The molecule has 3 nitrogen and oxygen atoms in total. The van der Waals surface area contributed by atoms with Gasteiger partial charge in [0, 0.05) is 13.0 Å². The Kier molecular flexibility index (Phi) is 6.95. The first-order valence-electron chi connectivity index (χ1n) is 7.90. The summed E-state index contributed by atoms with van der Waals surface area (Å²) in [7, 11) is 0. The Balaban J connectivity index is 1.81. The monoisotopic (exact) mass is 365 g/mol. The standard InChI is InChI=1S/C19H21Cl2NO2/c1-13(2)24-16-5-3-4-15(10-16)12-22-19(23)9-7-14-6-8-17(20)18(21)11-14/h3-6,8,10-11,13H,7,9,12H2,1-2H3,(H,22,23). The molecule has 0 aliphatic carbocycles. The van der Waals surface area contributed by atoms with Crippen molar-refractivity contribution >= 4 is 29.1 Å². The maximum atomic E-state index is 12.0. The molecule has 0 aliphatic rings. The van der Waals surface area contributed by atoms with E-state index in [2.05, 4.69) is 5.32 Å². The van der Waals surface area contributed by atoms with Crippen molar-refractivity contribution in [2.45, 2.75) is 39.3 Å². The lowest BCUT2D eigenvalue weighted by atomic mass is 10.1. The maximum absolute atomic E-state index is 12.0. The molecule has 0 aliphatic heterocycles. The van der Waals surface area contributed by atoms with E-state index in [0.29, 0.717) is 29.4 Å². The van der Waals surface area contributed by atoms with E-state index in [1.54, 1.807) is 12.1 Å². The van der Waals surface area contributed by atoms with Crippen LogP contribution in [0.2, 0.25) is 10.0 Å². The van der Waals surface area contributed by atoms with Crippen LogP contribution in [0, 0.1) is 0 Å². The van der Waals surface area contributed by atoms with Gasteiger partial charge in [-0.2, -0.15) is 0 Å². The average Bonchev–Trinajstić information content (AvgIpc) is 2.54. The number of hydrogen-bond donors (Lipinski definition) is 1. The Morgan fingerprint density at radius 1 is 1.08 bits per heavy atom. The summed E-state index contributed by atoms with van der Waals surface area (Å²) in [6, 6.07) is 13.2. The lowest BCUT2D eigenvalue weighted by Gasteiger charge is -2.11. The lowest BCUT2D eigenvalue weighted by Crippen LogP contribution is -2.23. The van der Waals surface area contributed by atoms with Gasteiger partial charge in [0.15, 0.2) is 0 Å². The molecule has 0 saturated carbocycles. The van der Waals surface area contributed by atoms with Gasteiger partial charge in [-0.15, -0.1) is 0 Å². The fourth-order valence-corrected chi connectivity index (χ4v) is 2.56. The summed E-state index contributed by atoms with van der Waals surface area (Å²) in [5.41, 5.74) is 2.00. The zero-order valence-corrected chi connectivity index (χ0v) is 15.3. The van der Waals surface area contributed by atoms with E-state index in [4.69, 9.17) is 27.9 Å². The van der Waals surface area contributed by atoms with Gasteiger partial charge in [0.25, 0.3) is 0 Å². The molecule has 0 bridgehead atoms. The molecule has 2 rings (SSSR count). The summed E-state index contributed by atoms with van der Waals surface area (Å²) < 4.78 is 5.65. The molecule has 2 aromatic rings. The first-order valence-corrected chi connectivity index (χ1v) is 8.66. The fourth-order valence-electron chi connectivity index (χ4n) is 2.24. The average molecular weight is 366 g/mol. The highest BCUT2D eigenvalue weighted by Crippen LogP contribution is 2.23. The van der Waals surface area contributed by atoms with Crippen molar-refractivity contribution in [2.75, 3.05) is 0 Å². The van der Waals surface area contributed by atoms with Crippen LogP contribution in [0.25, 0.3) is 0 Å². The predicted molar refractivity (Wildman–Crippen MR) is 98.8 cm³/mol. The highest BCUT2D eigenvalue weighted by Gasteiger charge is 2.05. The number of aryl methyl sites for hydroxylation is 1. The first-order chi connectivity index (χ1) is 11.4. The number of carbonyl (C=O) groups is 1. The van der Waals surface area contributed by atoms with Crippen LogP contribution < -0.4 is 10.1 Å². The Hall–Kier alpha value is -1.71. The van der Waals surface area contributed by atoms with Crippen LogP contribution in [0.4, 0.5) is 0 Å². The molecular weight excluding hydrogens is 345 g/mol. The Morgan fingerprint density at radius 3 is 2.58 bits per heavy atom. The summed E-state index contributed by atoms with van der Waals surface area (Å²) >= 11 is 11.9. The number of ether oxygens (including phenoxy) is 1. The normalized spacial score (nSPS) is 10.7. The number of halogens is 2. The van der Waals surface area contributed by atoms with Crippen LogP contribution in [0.15, 0.2) is 42.5 Å². The van der Waals surface area contributed by atoms with E-state index < -0.39 is 0 Å². The van der Waals surface area contributed by atoms with Gasteiger partial charge in [-0.3, -0.25) is 4.79 Å². The summed E-state index contributed by atoms with van der Waals surface area (Å²) in [6.45, 7) is 4.45. The second kappa shape index (κ2) is 8.95. The van der Waals surface area contributed by atoms with Gasteiger partial charge < -0.3 is 10.1 Å². The molecule has 24 heavy (non-hydrogen) atoms. The number of amides is 1. The molecule has 0 spiro atoms. The lowest BCUT2D eigenvalue weighted by molar-refractivity contribution is -0.121. The molecular formula is C19H21Cl2NO2. The number of benzene rings is 2. The molecule has 0 saturated heterocycles. The van der Waals surface area contributed by atoms with E-state index in [9.17, 15) is 4.79 Å². The Bertz CT molecular complexity index is 702. The zero-order valence-electron chi connectivity index (χ0n) is 13.8. The quantitative estimate of drug-likeness (QED) is 0.746. The van der Waals surface area contributed by atoms with Gasteiger partial charge in [0.2, 0.25) is 5.91 Å². The zero-order chi connectivity index (χ0) is 17.5. The van der Waals surface area contributed by atoms with Crippen molar-refractivity contribution in [3.8, 4) is 5.75 Å². The minimum Gasteiger partial charge on any atom is -0.491 e. The Labute approximate surface area is 152 Å². The van der Waals surface area contributed by atoms with E-state index in [1.807, 2.05) is 44.2 Å². The van der Waals surface area contributed by atoms with E-state index in [0.717, 1.165) is 16.9 Å². The van der Waals surface area contributed by atoms with Gasteiger partial charge in [-0.25, -0.2) is 0 Å². The van der Waals surface area contributed by atoms with Crippen LogP contribution in [0.1, 0.15) is 31.4 Å². The highest BCUT2D eigenvalue weighted by molar-refractivity contribution is 6.42. The third kappa shape index (κ3) is 6.06. The molecule has 0 fully saturated rings. The number of nitrogens with one attached hydrogen (secondary N) is 1. The van der Waals surface area contributed by atoms with Crippen molar-refractivity contribution in [3.63, 3.8) is 0 Å². The molecule has 1 N–H and O–H groups in total. The number of rotatable bonds is 7. The molecule has 0 unspecified atom stereocenters. The van der Waals surface area contributed by atoms with E-state index >= 15 is 0 Å². The minimum absolute atomic E-state index is 0.00347. The van der Waals surface area contributed by atoms with Crippen LogP contribution in [-0.2, 0) is 17.8 Å². The largest absolute Gasteiger partial charge is 0.491 e.